The molecule has 4 aliphatic rings. The van der Waals surface area contributed by atoms with E-state index in [9.17, 15) is 24.9 Å². The highest BCUT2D eigenvalue weighted by atomic mass is 19.1. The van der Waals surface area contributed by atoms with Crippen molar-refractivity contribution in [2.75, 3.05) is 6.61 Å². The van der Waals surface area contributed by atoms with Crippen molar-refractivity contribution < 1.29 is 29.3 Å². The molecule has 8 atom stereocenters. The van der Waals surface area contributed by atoms with Gasteiger partial charge in [0, 0.05) is 16.7 Å². The van der Waals surface area contributed by atoms with E-state index in [0.29, 0.717) is 12.0 Å². The number of carbonyl (C=O) groups excluding carboxylic acids is 2. The third-order valence-corrected chi connectivity index (χ3v) is 8.23. The molecular formula is C21H27FO5. The molecule has 0 amide bonds. The summed E-state index contributed by atoms with van der Waals surface area (Å²) >= 11 is 0. The van der Waals surface area contributed by atoms with Crippen LogP contribution in [-0.4, -0.2) is 51.4 Å². The van der Waals surface area contributed by atoms with Crippen LogP contribution < -0.4 is 0 Å². The lowest BCUT2D eigenvalue weighted by Gasteiger charge is -2.60. The summed E-state index contributed by atoms with van der Waals surface area (Å²) in [5, 5.41) is 31.6. The van der Waals surface area contributed by atoms with E-state index in [0.717, 1.165) is 0 Å². The van der Waals surface area contributed by atoms with Crippen molar-refractivity contribution in [1.82, 2.24) is 0 Å². The van der Waals surface area contributed by atoms with Crippen LogP contribution >= 0.6 is 0 Å². The van der Waals surface area contributed by atoms with Crippen LogP contribution in [0, 0.1) is 28.6 Å². The van der Waals surface area contributed by atoms with E-state index < -0.39 is 41.1 Å². The average molecular weight is 378 g/mol. The summed E-state index contributed by atoms with van der Waals surface area (Å²) < 4.78 is 15.1. The lowest BCUT2D eigenvalue weighted by Crippen LogP contribution is -2.62. The van der Waals surface area contributed by atoms with Gasteiger partial charge in [-0.25, -0.2) is 4.39 Å². The monoisotopic (exact) mass is 378 g/mol. The Balaban J connectivity index is 1.78. The molecule has 27 heavy (non-hydrogen) atoms. The molecule has 4 aliphatic carbocycles. The third-order valence-electron chi connectivity index (χ3n) is 8.23. The number of rotatable bonds is 2. The summed E-state index contributed by atoms with van der Waals surface area (Å²) in [5.41, 5.74) is -2.92. The smallest absolute Gasteiger partial charge is 0.190 e. The normalized spacial score (nSPS) is 51.3. The van der Waals surface area contributed by atoms with Crippen molar-refractivity contribution >= 4 is 11.6 Å². The molecule has 0 radical (unpaired) electrons. The van der Waals surface area contributed by atoms with Gasteiger partial charge in [0.25, 0.3) is 0 Å². The molecule has 3 N–H and O–H groups in total. The van der Waals surface area contributed by atoms with Crippen LogP contribution in [0.25, 0.3) is 0 Å². The zero-order valence-electron chi connectivity index (χ0n) is 15.7. The number of carbonyl (C=O) groups is 2. The minimum absolute atomic E-state index is 0.131. The van der Waals surface area contributed by atoms with Crippen molar-refractivity contribution in [2.24, 2.45) is 28.6 Å². The maximum atomic E-state index is 15.1. The maximum absolute atomic E-state index is 15.1. The van der Waals surface area contributed by atoms with Crippen LogP contribution in [0.15, 0.2) is 23.8 Å². The molecule has 0 aliphatic heterocycles. The minimum Gasteiger partial charge on any atom is -0.393 e. The van der Waals surface area contributed by atoms with Gasteiger partial charge < -0.3 is 15.3 Å². The Bertz CT molecular complexity index is 760. The predicted octanol–water partition coefficient (Wildman–Crippen LogP) is 1.51. The summed E-state index contributed by atoms with van der Waals surface area (Å²) in [5.74, 6) is -1.48. The summed E-state index contributed by atoms with van der Waals surface area (Å²) in [4.78, 5) is 24.1. The van der Waals surface area contributed by atoms with E-state index >= 15 is 4.39 Å². The molecule has 0 heterocycles. The zero-order chi connectivity index (χ0) is 19.8. The number of hydrogen-bond acceptors (Lipinski definition) is 5. The molecule has 0 bridgehead atoms. The van der Waals surface area contributed by atoms with E-state index in [2.05, 4.69) is 0 Å². The fraction of sp³-hybridized carbons (Fsp3) is 0.714. The standard InChI is InChI=1S/C21H27FO5/c1-19-5-3-11(24)7-14(19)15(22)8-12-13-4-6-21(27,17(26)10-23)20(13,2)9-16(25)18(12)19/h3,5,7,12-13,15-16,18,23,25,27H,4,6,8-10H2,1-2H3/t12-,13-,15-,16+,18+,19-,20-,21-/m0/s1. The van der Waals surface area contributed by atoms with Crippen molar-refractivity contribution in [1.29, 1.82) is 0 Å². The average Bonchev–Trinajstić information content (AvgIpc) is 2.87. The third kappa shape index (κ3) is 2.26. The van der Waals surface area contributed by atoms with Crippen LogP contribution in [0.5, 0.6) is 0 Å². The number of fused-ring (bicyclic) bond motifs is 5. The van der Waals surface area contributed by atoms with Gasteiger partial charge in [-0.1, -0.05) is 19.9 Å². The highest BCUT2D eigenvalue weighted by Crippen LogP contribution is 2.67. The fourth-order valence-corrected chi connectivity index (χ4v) is 6.93. The molecule has 148 valence electrons. The van der Waals surface area contributed by atoms with Crippen LogP contribution in [0.1, 0.15) is 39.5 Å². The molecule has 5 nitrogen and oxygen atoms in total. The van der Waals surface area contributed by atoms with Gasteiger partial charge in [-0.2, -0.15) is 0 Å². The van der Waals surface area contributed by atoms with Crippen molar-refractivity contribution in [3.05, 3.63) is 23.8 Å². The first kappa shape index (κ1) is 19.0. The Hall–Kier alpha value is -1.37. The largest absolute Gasteiger partial charge is 0.393 e. The molecule has 0 unspecified atom stereocenters. The number of aliphatic hydroxyl groups is 3. The van der Waals surface area contributed by atoms with Gasteiger partial charge in [-0.05, 0) is 55.2 Å². The van der Waals surface area contributed by atoms with Crippen LogP contribution in [0.4, 0.5) is 4.39 Å². The molecule has 3 fully saturated rings. The Kier molecular flexibility index (Phi) is 4.09. The van der Waals surface area contributed by atoms with Gasteiger partial charge in [0.05, 0.1) is 6.10 Å². The number of ketones is 2. The van der Waals surface area contributed by atoms with Crippen LogP contribution in [0.3, 0.4) is 0 Å². The number of Topliss-reactive ketones (excluding diaryl/α,β-unsaturated/α-hetero) is 1. The van der Waals surface area contributed by atoms with E-state index in [1.54, 1.807) is 13.0 Å². The second-order valence-corrected chi connectivity index (χ2v) is 9.29. The SMILES string of the molecule is C[C@]12C=CC(=O)C=C1[C@@H](F)C[C@@H]1[C@@H]2[C@H](O)C[C@@]2(C)[C@H]1CC[C@]2(O)C(=O)CO. The fourth-order valence-electron chi connectivity index (χ4n) is 6.93. The molecule has 0 aromatic carbocycles. The van der Waals surface area contributed by atoms with Gasteiger partial charge in [0.15, 0.2) is 11.6 Å². The second kappa shape index (κ2) is 5.82. The van der Waals surface area contributed by atoms with Crippen LogP contribution in [-0.2, 0) is 9.59 Å². The van der Waals surface area contributed by atoms with Gasteiger partial charge >= 0.3 is 0 Å². The molecular weight excluding hydrogens is 351 g/mol. The maximum Gasteiger partial charge on any atom is 0.190 e. The molecule has 0 aromatic heterocycles. The van der Waals surface area contributed by atoms with Crippen molar-refractivity contribution in [3.8, 4) is 0 Å². The first-order chi connectivity index (χ1) is 12.6. The molecule has 0 aromatic rings. The highest BCUT2D eigenvalue weighted by Gasteiger charge is 2.68. The van der Waals surface area contributed by atoms with E-state index in [1.807, 2.05) is 6.92 Å². The van der Waals surface area contributed by atoms with Crippen molar-refractivity contribution in [2.45, 2.75) is 57.4 Å². The summed E-state index contributed by atoms with van der Waals surface area (Å²) in [7, 11) is 0. The topological polar surface area (TPSA) is 94.8 Å². The lowest BCUT2D eigenvalue weighted by atomic mass is 9.46. The molecule has 3 saturated carbocycles. The van der Waals surface area contributed by atoms with Crippen molar-refractivity contribution in [3.63, 3.8) is 0 Å². The Morgan fingerprint density at radius 3 is 2.74 bits per heavy atom. The number of alkyl halides is 1. The van der Waals surface area contributed by atoms with E-state index in [1.165, 1.54) is 12.2 Å². The Morgan fingerprint density at radius 1 is 1.37 bits per heavy atom. The minimum atomic E-state index is -1.69. The quantitative estimate of drug-likeness (QED) is 0.677. The van der Waals surface area contributed by atoms with Gasteiger partial charge in [0.2, 0.25) is 0 Å². The van der Waals surface area contributed by atoms with Gasteiger partial charge in [-0.15, -0.1) is 0 Å². The molecule has 6 heteroatoms. The lowest BCUT2D eigenvalue weighted by molar-refractivity contribution is -0.180. The van der Waals surface area contributed by atoms with E-state index in [4.69, 9.17) is 0 Å². The number of aliphatic hydroxyl groups excluding tert-OH is 2. The second-order valence-electron chi connectivity index (χ2n) is 9.29. The van der Waals surface area contributed by atoms with E-state index in [-0.39, 0.29) is 42.8 Å². The molecule has 0 spiro atoms. The zero-order valence-corrected chi connectivity index (χ0v) is 15.7. The number of halogens is 1. The Morgan fingerprint density at radius 2 is 2.07 bits per heavy atom. The predicted molar refractivity (Wildman–Crippen MR) is 95.3 cm³/mol. The molecule has 4 rings (SSSR count). The number of hydrogen-bond donors (Lipinski definition) is 3. The number of allylic oxidation sites excluding steroid dienone is 4. The summed E-state index contributed by atoms with van der Waals surface area (Å²) in [6.45, 7) is 2.92. The summed E-state index contributed by atoms with van der Waals surface area (Å²) in [6, 6.07) is 0. The molecule has 0 saturated heterocycles. The first-order valence-corrected chi connectivity index (χ1v) is 9.72. The van der Waals surface area contributed by atoms with Crippen LogP contribution in [0.2, 0.25) is 0 Å². The summed E-state index contributed by atoms with van der Waals surface area (Å²) in [6.07, 6.45) is 3.55. The van der Waals surface area contributed by atoms with Gasteiger partial charge in [-0.3, -0.25) is 9.59 Å². The highest BCUT2D eigenvalue weighted by molar-refractivity contribution is 6.01. The first-order valence-electron chi connectivity index (χ1n) is 9.72. The van der Waals surface area contributed by atoms with Gasteiger partial charge in [0.1, 0.15) is 18.4 Å². The Labute approximate surface area is 158 Å².